The number of ether oxygens (including phenoxy) is 1. The molecular weight excluding hydrogens is 218 g/mol. The van der Waals surface area contributed by atoms with E-state index in [1.54, 1.807) is 6.92 Å². The minimum Gasteiger partial charge on any atom is -0.450 e. The number of nitrogens with zero attached hydrogens (tertiary/aromatic N) is 2. The van der Waals surface area contributed by atoms with Gasteiger partial charge in [-0.25, -0.2) is 4.79 Å². The Bertz CT molecular complexity index is 422. The number of aryl methyl sites for hydroxylation is 1. The molecule has 5 nitrogen and oxygen atoms in total. The molecule has 17 heavy (non-hydrogen) atoms. The third-order valence-electron chi connectivity index (χ3n) is 3.03. The predicted molar refractivity (Wildman–Crippen MR) is 65.3 cm³/mol. The van der Waals surface area contributed by atoms with E-state index in [0.29, 0.717) is 18.3 Å². The topological polar surface area (TPSA) is 56.1 Å². The van der Waals surface area contributed by atoms with Gasteiger partial charge in [-0.3, -0.25) is 10.00 Å². The van der Waals surface area contributed by atoms with Crippen LogP contribution in [-0.4, -0.2) is 22.5 Å². The molecule has 5 heteroatoms. The highest BCUT2D eigenvalue weighted by molar-refractivity contribution is 5.84. The number of hydrogen-bond acceptors (Lipinski definition) is 3. The standard InChI is InChI=1S/C12H19N3O2/c1-4-15-8(3)10(9-6-7-9)11(14-15)13-12(16)17-5-2/h9H,4-7H2,1-3H3,(H,13,14,16). The zero-order valence-electron chi connectivity index (χ0n) is 10.6. The maximum absolute atomic E-state index is 11.4. The number of rotatable bonds is 4. The summed E-state index contributed by atoms with van der Waals surface area (Å²) in [5.41, 5.74) is 2.33. The maximum atomic E-state index is 11.4. The van der Waals surface area contributed by atoms with Crippen molar-refractivity contribution in [1.82, 2.24) is 9.78 Å². The van der Waals surface area contributed by atoms with E-state index in [1.165, 1.54) is 18.4 Å². The van der Waals surface area contributed by atoms with Crippen LogP contribution in [0.25, 0.3) is 0 Å². The van der Waals surface area contributed by atoms with Crippen LogP contribution in [-0.2, 0) is 11.3 Å². The molecule has 1 heterocycles. The Kier molecular flexibility index (Phi) is 3.36. The highest BCUT2D eigenvalue weighted by Gasteiger charge is 2.31. The molecule has 0 unspecified atom stereocenters. The third-order valence-corrected chi connectivity index (χ3v) is 3.03. The lowest BCUT2D eigenvalue weighted by molar-refractivity contribution is 0.167. The first-order chi connectivity index (χ1) is 8.17. The lowest BCUT2D eigenvalue weighted by Crippen LogP contribution is -2.14. The molecule has 0 radical (unpaired) electrons. The van der Waals surface area contributed by atoms with Gasteiger partial charge in [0, 0.05) is 17.8 Å². The summed E-state index contributed by atoms with van der Waals surface area (Å²) in [5.74, 6) is 1.23. The number of anilines is 1. The SMILES string of the molecule is CCOC(=O)Nc1nn(CC)c(C)c1C1CC1. The molecule has 2 rings (SSSR count). The summed E-state index contributed by atoms with van der Waals surface area (Å²) in [6.45, 7) is 7.08. The van der Waals surface area contributed by atoms with Crippen molar-refractivity contribution in [2.24, 2.45) is 0 Å². The number of hydrogen-bond donors (Lipinski definition) is 1. The van der Waals surface area contributed by atoms with Crippen LogP contribution in [0.5, 0.6) is 0 Å². The molecule has 94 valence electrons. The van der Waals surface area contributed by atoms with Gasteiger partial charge in [-0.15, -0.1) is 0 Å². The summed E-state index contributed by atoms with van der Waals surface area (Å²) in [4.78, 5) is 11.4. The number of amides is 1. The first-order valence-corrected chi connectivity index (χ1v) is 6.18. The molecule has 0 atom stereocenters. The van der Waals surface area contributed by atoms with Crippen molar-refractivity contribution >= 4 is 11.9 Å². The summed E-state index contributed by atoms with van der Waals surface area (Å²) in [5, 5.41) is 7.15. The van der Waals surface area contributed by atoms with Crippen LogP contribution in [0.2, 0.25) is 0 Å². The van der Waals surface area contributed by atoms with Gasteiger partial charge in [0.25, 0.3) is 0 Å². The first kappa shape index (κ1) is 12.0. The molecular formula is C12H19N3O2. The van der Waals surface area contributed by atoms with Crippen LogP contribution in [0.4, 0.5) is 10.6 Å². The van der Waals surface area contributed by atoms with Crippen molar-refractivity contribution in [2.45, 2.75) is 46.1 Å². The highest BCUT2D eigenvalue weighted by atomic mass is 16.5. The number of aromatic nitrogens is 2. The number of carbonyl (C=O) groups is 1. The molecule has 1 fully saturated rings. The zero-order chi connectivity index (χ0) is 12.4. The second-order valence-corrected chi connectivity index (χ2v) is 4.28. The van der Waals surface area contributed by atoms with Gasteiger partial charge >= 0.3 is 6.09 Å². The molecule has 1 aromatic heterocycles. The average Bonchev–Trinajstić information content (AvgIpc) is 3.06. The Balaban J connectivity index is 2.22. The van der Waals surface area contributed by atoms with E-state index in [4.69, 9.17) is 4.74 Å². The smallest absolute Gasteiger partial charge is 0.412 e. The number of carbonyl (C=O) groups excluding carboxylic acids is 1. The minimum atomic E-state index is -0.421. The van der Waals surface area contributed by atoms with Crippen LogP contribution in [0.3, 0.4) is 0 Å². The fraction of sp³-hybridized carbons (Fsp3) is 0.667. The third kappa shape index (κ3) is 2.43. The summed E-state index contributed by atoms with van der Waals surface area (Å²) in [7, 11) is 0. The van der Waals surface area contributed by atoms with Gasteiger partial charge in [0.2, 0.25) is 0 Å². The van der Waals surface area contributed by atoms with E-state index >= 15 is 0 Å². The van der Waals surface area contributed by atoms with Crippen molar-refractivity contribution in [3.8, 4) is 0 Å². The van der Waals surface area contributed by atoms with Crippen LogP contribution in [0.15, 0.2) is 0 Å². The van der Waals surface area contributed by atoms with E-state index in [1.807, 2.05) is 11.6 Å². The Hall–Kier alpha value is -1.52. The molecule has 0 bridgehead atoms. The van der Waals surface area contributed by atoms with Crippen molar-refractivity contribution in [3.05, 3.63) is 11.3 Å². The summed E-state index contributed by atoms with van der Waals surface area (Å²) < 4.78 is 6.81. The lowest BCUT2D eigenvalue weighted by atomic mass is 10.1. The van der Waals surface area contributed by atoms with Gasteiger partial charge in [0.15, 0.2) is 5.82 Å². The Morgan fingerprint density at radius 3 is 2.76 bits per heavy atom. The minimum absolute atomic E-state index is 0.373. The maximum Gasteiger partial charge on any atom is 0.412 e. The van der Waals surface area contributed by atoms with Crippen LogP contribution >= 0.6 is 0 Å². The van der Waals surface area contributed by atoms with Crippen molar-refractivity contribution in [1.29, 1.82) is 0 Å². The summed E-state index contributed by atoms with van der Waals surface area (Å²) >= 11 is 0. The molecule has 0 aromatic carbocycles. The molecule has 1 aliphatic rings. The number of nitrogens with one attached hydrogen (secondary N) is 1. The van der Waals surface area contributed by atoms with Crippen LogP contribution in [0.1, 0.15) is 43.9 Å². The Morgan fingerprint density at radius 1 is 1.53 bits per heavy atom. The Labute approximate surface area is 101 Å². The zero-order valence-corrected chi connectivity index (χ0v) is 10.6. The average molecular weight is 237 g/mol. The van der Waals surface area contributed by atoms with Gasteiger partial charge in [0.1, 0.15) is 0 Å². The predicted octanol–water partition coefficient (Wildman–Crippen LogP) is 2.66. The van der Waals surface area contributed by atoms with Crippen LogP contribution < -0.4 is 5.32 Å². The molecule has 1 saturated carbocycles. The van der Waals surface area contributed by atoms with Gasteiger partial charge in [-0.05, 0) is 39.5 Å². The quantitative estimate of drug-likeness (QED) is 0.875. The fourth-order valence-electron chi connectivity index (χ4n) is 2.08. The molecule has 0 saturated heterocycles. The first-order valence-electron chi connectivity index (χ1n) is 6.18. The van der Waals surface area contributed by atoms with Gasteiger partial charge < -0.3 is 4.74 Å². The van der Waals surface area contributed by atoms with E-state index in [2.05, 4.69) is 17.3 Å². The highest BCUT2D eigenvalue weighted by Crippen LogP contribution is 2.44. The van der Waals surface area contributed by atoms with Crippen LogP contribution in [0, 0.1) is 6.92 Å². The summed E-state index contributed by atoms with van der Waals surface area (Å²) in [6.07, 6.45) is 1.96. The van der Waals surface area contributed by atoms with E-state index in [-0.39, 0.29) is 0 Å². The second-order valence-electron chi connectivity index (χ2n) is 4.28. The lowest BCUT2D eigenvalue weighted by Gasteiger charge is -2.04. The fourth-order valence-corrected chi connectivity index (χ4v) is 2.08. The van der Waals surface area contributed by atoms with Crippen molar-refractivity contribution in [3.63, 3.8) is 0 Å². The summed E-state index contributed by atoms with van der Waals surface area (Å²) in [6, 6.07) is 0. The monoisotopic (exact) mass is 237 g/mol. The van der Waals surface area contributed by atoms with Gasteiger partial charge in [0.05, 0.1) is 6.61 Å². The van der Waals surface area contributed by atoms with Crippen molar-refractivity contribution < 1.29 is 9.53 Å². The molecule has 0 spiro atoms. The molecule has 1 aromatic rings. The van der Waals surface area contributed by atoms with E-state index < -0.39 is 6.09 Å². The van der Waals surface area contributed by atoms with E-state index in [9.17, 15) is 4.79 Å². The van der Waals surface area contributed by atoms with E-state index in [0.717, 1.165) is 12.2 Å². The molecule has 1 aliphatic carbocycles. The van der Waals surface area contributed by atoms with Gasteiger partial charge in [-0.2, -0.15) is 5.10 Å². The second kappa shape index (κ2) is 4.77. The molecule has 0 aliphatic heterocycles. The van der Waals surface area contributed by atoms with Crippen molar-refractivity contribution in [2.75, 3.05) is 11.9 Å². The van der Waals surface area contributed by atoms with Gasteiger partial charge in [-0.1, -0.05) is 0 Å². The molecule has 1 N–H and O–H groups in total. The molecule has 1 amide bonds. The largest absolute Gasteiger partial charge is 0.450 e. The normalized spacial score (nSPS) is 14.8. The Morgan fingerprint density at radius 2 is 2.24 bits per heavy atom.